The van der Waals surface area contributed by atoms with Crippen molar-refractivity contribution in [3.63, 3.8) is 0 Å². The first-order valence-electron chi connectivity index (χ1n) is 10.5. The number of aromatic nitrogens is 3. The average Bonchev–Trinajstić information content (AvgIpc) is 3.40. The van der Waals surface area contributed by atoms with E-state index in [4.69, 9.17) is 4.74 Å². The summed E-state index contributed by atoms with van der Waals surface area (Å²) < 4.78 is 49.4. The number of thiazole rings is 1. The van der Waals surface area contributed by atoms with Crippen LogP contribution >= 0.6 is 11.3 Å². The van der Waals surface area contributed by atoms with Gasteiger partial charge >= 0.3 is 6.36 Å². The number of fused-ring (bicyclic) bond motifs is 1. The lowest BCUT2D eigenvalue weighted by atomic mass is 10.3. The lowest BCUT2D eigenvalue weighted by Crippen LogP contribution is -2.43. The quantitative estimate of drug-likeness (QED) is 0.507. The Morgan fingerprint density at radius 3 is 2.73 bits per heavy atom. The smallest absolute Gasteiger partial charge is 0.406 e. The number of benzene rings is 1. The van der Waals surface area contributed by atoms with Crippen LogP contribution in [0.15, 0.2) is 30.5 Å². The molecule has 1 aliphatic heterocycles. The Labute approximate surface area is 192 Å². The van der Waals surface area contributed by atoms with E-state index in [1.165, 1.54) is 18.2 Å². The maximum absolute atomic E-state index is 13.6. The molecule has 0 atom stereocenters. The number of alkyl halides is 3. The monoisotopic (exact) mass is 483 g/mol. The molecule has 0 bridgehead atoms. The molecular weight excluding hydrogens is 459 g/mol. The van der Waals surface area contributed by atoms with E-state index in [2.05, 4.69) is 19.7 Å². The first-order chi connectivity index (χ1) is 15.7. The zero-order valence-corrected chi connectivity index (χ0v) is 19.0. The molecule has 1 saturated heterocycles. The molecule has 4 rings (SSSR count). The summed E-state index contributed by atoms with van der Waals surface area (Å²) in [5.74, 6) is -0.588. The predicted octanol–water partition coefficient (Wildman–Crippen LogP) is 3.95. The highest BCUT2D eigenvalue weighted by molar-refractivity contribution is 7.22. The van der Waals surface area contributed by atoms with Gasteiger partial charge in [0, 0.05) is 44.5 Å². The zero-order chi connectivity index (χ0) is 23.6. The molecule has 1 aliphatic rings. The van der Waals surface area contributed by atoms with Gasteiger partial charge in [0.2, 0.25) is 0 Å². The number of hydrogen-bond acceptors (Lipinski definition) is 7. The highest BCUT2D eigenvalue weighted by Crippen LogP contribution is 2.34. The summed E-state index contributed by atoms with van der Waals surface area (Å²) in [7, 11) is 0. The number of halogens is 3. The standard InChI is InChI=1S/C21H24F3N5O3S/c1-14(2)29-17(5-6-25-29)19(30)28(8-7-27-9-11-31-12-10-27)20-26-16-4-3-15(13-18(16)33-20)32-21(22,23)24/h3-6,13-14H,7-12H2,1-2H3. The van der Waals surface area contributed by atoms with Crippen LogP contribution in [-0.2, 0) is 4.74 Å². The molecule has 2 aromatic heterocycles. The van der Waals surface area contributed by atoms with Crippen molar-refractivity contribution in [2.75, 3.05) is 44.3 Å². The van der Waals surface area contributed by atoms with Crippen molar-refractivity contribution in [2.24, 2.45) is 0 Å². The van der Waals surface area contributed by atoms with Crippen molar-refractivity contribution < 1.29 is 27.4 Å². The summed E-state index contributed by atoms with van der Waals surface area (Å²) in [6.45, 7) is 7.66. The van der Waals surface area contributed by atoms with E-state index in [9.17, 15) is 18.0 Å². The fraction of sp³-hybridized carbons (Fsp3) is 0.476. The Morgan fingerprint density at radius 1 is 1.27 bits per heavy atom. The zero-order valence-electron chi connectivity index (χ0n) is 18.2. The van der Waals surface area contributed by atoms with E-state index in [0.717, 1.165) is 24.4 Å². The van der Waals surface area contributed by atoms with Gasteiger partial charge in [-0.1, -0.05) is 11.3 Å². The summed E-state index contributed by atoms with van der Waals surface area (Å²) in [4.78, 5) is 21.9. The summed E-state index contributed by atoms with van der Waals surface area (Å²) >= 11 is 1.15. The second kappa shape index (κ2) is 9.65. The topological polar surface area (TPSA) is 72.7 Å². The third-order valence-corrected chi connectivity index (χ3v) is 6.22. The van der Waals surface area contributed by atoms with Crippen molar-refractivity contribution in [2.45, 2.75) is 26.3 Å². The van der Waals surface area contributed by atoms with Crippen LogP contribution in [0.2, 0.25) is 0 Å². The largest absolute Gasteiger partial charge is 0.573 e. The Kier molecular flexibility index (Phi) is 6.86. The van der Waals surface area contributed by atoms with Crippen LogP contribution in [0.1, 0.15) is 30.4 Å². The van der Waals surface area contributed by atoms with Crippen molar-refractivity contribution in [1.82, 2.24) is 19.7 Å². The van der Waals surface area contributed by atoms with Gasteiger partial charge in [0.1, 0.15) is 11.4 Å². The van der Waals surface area contributed by atoms with Crippen molar-refractivity contribution in [1.29, 1.82) is 0 Å². The highest BCUT2D eigenvalue weighted by atomic mass is 32.1. The summed E-state index contributed by atoms with van der Waals surface area (Å²) in [5, 5.41) is 4.66. The van der Waals surface area contributed by atoms with Gasteiger partial charge in [0.15, 0.2) is 5.13 Å². The van der Waals surface area contributed by atoms with Crippen molar-refractivity contribution >= 4 is 32.6 Å². The van der Waals surface area contributed by atoms with Gasteiger partial charge in [-0.15, -0.1) is 13.2 Å². The van der Waals surface area contributed by atoms with Gasteiger partial charge < -0.3 is 9.47 Å². The Hall–Kier alpha value is -2.70. The van der Waals surface area contributed by atoms with Gasteiger partial charge in [0.05, 0.1) is 23.4 Å². The van der Waals surface area contributed by atoms with Gasteiger partial charge in [-0.2, -0.15) is 5.10 Å². The number of anilines is 1. The van der Waals surface area contributed by atoms with Gasteiger partial charge in [-0.05, 0) is 32.0 Å². The van der Waals surface area contributed by atoms with Crippen LogP contribution in [0.3, 0.4) is 0 Å². The molecule has 178 valence electrons. The second-order valence-electron chi connectivity index (χ2n) is 7.84. The number of nitrogens with zero attached hydrogens (tertiary/aromatic N) is 5. The van der Waals surface area contributed by atoms with E-state index in [0.29, 0.717) is 47.3 Å². The molecule has 0 spiro atoms. The molecule has 3 heterocycles. The molecule has 0 unspecified atom stereocenters. The number of carbonyl (C=O) groups is 1. The summed E-state index contributed by atoms with van der Waals surface area (Å²) in [5.41, 5.74) is 0.915. The van der Waals surface area contributed by atoms with Crippen molar-refractivity contribution in [3.05, 3.63) is 36.2 Å². The van der Waals surface area contributed by atoms with Gasteiger partial charge in [-0.3, -0.25) is 19.3 Å². The fourth-order valence-corrected chi connectivity index (χ4v) is 4.61. The van der Waals surface area contributed by atoms with Crippen LogP contribution in [0.4, 0.5) is 18.3 Å². The minimum absolute atomic E-state index is 0.0162. The van der Waals surface area contributed by atoms with Crippen LogP contribution in [0, 0.1) is 0 Å². The number of carbonyl (C=O) groups excluding carboxylic acids is 1. The molecule has 1 amide bonds. The minimum atomic E-state index is -4.78. The third-order valence-electron chi connectivity index (χ3n) is 5.18. The lowest BCUT2D eigenvalue weighted by Gasteiger charge is -2.29. The molecule has 3 aromatic rings. The van der Waals surface area contributed by atoms with Crippen LogP contribution in [-0.4, -0.2) is 71.3 Å². The molecule has 8 nitrogen and oxygen atoms in total. The molecule has 1 fully saturated rings. The number of morpholine rings is 1. The highest BCUT2D eigenvalue weighted by Gasteiger charge is 2.31. The van der Waals surface area contributed by atoms with Crippen LogP contribution in [0.25, 0.3) is 10.2 Å². The molecule has 1 aromatic carbocycles. The molecule has 0 aliphatic carbocycles. The summed E-state index contributed by atoms with van der Waals surface area (Å²) in [6, 6.07) is 5.60. The number of rotatable bonds is 7. The van der Waals surface area contributed by atoms with E-state index < -0.39 is 6.36 Å². The van der Waals surface area contributed by atoms with Crippen LogP contribution < -0.4 is 9.64 Å². The number of ether oxygens (including phenoxy) is 2. The van der Waals surface area contributed by atoms with Gasteiger partial charge in [-0.25, -0.2) is 4.98 Å². The first kappa shape index (κ1) is 23.5. The molecular formula is C21H24F3N5O3S. The van der Waals surface area contributed by atoms with E-state index in [1.807, 2.05) is 13.8 Å². The lowest BCUT2D eigenvalue weighted by molar-refractivity contribution is -0.274. The Morgan fingerprint density at radius 2 is 2.03 bits per heavy atom. The number of hydrogen-bond donors (Lipinski definition) is 0. The van der Waals surface area contributed by atoms with Crippen molar-refractivity contribution in [3.8, 4) is 5.75 Å². The molecule has 0 saturated carbocycles. The first-order valence-corrected chi connectivity index (χ1v) is 11.3. The Bertz CT molecular complexity index is 1110. The summed E-state index contributed by atoms with van der Waals surface area (Å²) in [6.07, 6.45) is -3.21. The third kappa shape index (κ3) is 5.63. The minimum Gasteiger partial charge on any atom is -0.406 e. The second-order valence-corrected chi connectivity index (χ2v) is 8.85. The van der Waals surface area contributed by atoms with Crippen LogP contribution in [0.5, 0.6) is 5.75 Å². The molecule has 0 N–H and O–H groups in total. The average molecular weight is 484 g/mol. The SMILES string of the molecule is CC(C)n1nccc1C(=O)N(CCN1CCOCC1)c1nc2ccc(OC(F)(F)F)cc2s1. The maximum atomic E-state index is 13.6. The van der Waals surface area contributed by atoms with E-state index >= 15 is 0 Å². The number of amides is 1. The molecule has 33 heavy (non-hydrogen) atoms. The van der Waals surface area contributed by atoms with E-state index in [1.54, 1.807) is 21.8 Å². The Balaban J connectivity index is 1.64. The molecule has 0 radical (unpaired) electrons. The fourth-order valence-electron chi connectivity index (χ4n) is 3.59. The van der Waals surface area contributed by atoms with E-state index in [-0.39, 0.29) is 17.7 Å². The molecule has 12 heteroatoms. The maximum Gasteiger partial charge on any atom is 0.573 e. The normalized spacial score (nSPS) is 15.3. The predicted molar refractivity (Wildman–Crippen MR) is 118 cm³/mol. The van der Waals surface area contributed by atoms with Gasteiger partial charge in [0.25, 0.3) is 5.91 Å².